The van der Waals surface area contributed by atoms with Gasteiger partial charge in [-0.25, -0.2) is 0 Å². The number of hydrogen-bond acceptors (Lipinski definition) is 6. The molecule has 22 heavy (non-hydrogen) atoms. The smallest absolute Gasteiger partial charge is 0.262 e. The first-order valence-electron chi connectivity index (χ1n) is 6.57. The molecule has 0 unspecified atom stereocenters. The van der Waals surface area contributed by atoms with E-state index in [1.165, 1.54) is 0 Å². The fourth-order valence-electron chi connectivity index (χ4n) is 2.17. The van der Waals surface area contributed by atoms with Crippen molar-refractivity contribution in [3.8, 4) is 0 Å². The Morgan fingerprint density at radius 3 is 2.41 bits per heavy atom. The number of fused-ring (bicyclic) bond motifs is 1. The Kier molecular flexibility index (Phi) is 3.42. The molecule has 0 spiro atoms. The van der Waals surface area contributed by atoms with E-state index in [1.807, 2.05) is 0 Å². The monoisotopic (exact) mass is 300 g/mol. The van der Waals surface area contributed by atoms with Gasteiger partial charge in [0.25, 0.3) is 11.8 Å². The zero-order valence-electron chi connectivity index (χ0n) is 11.7. The molecule has 8 heteroatoms. The lowest BCUT2D eigenvalue weighted by molar-refractivity contribution is -0.121. The highest BCUT2D eigenvalue weighted by Crippen LogP contribution is 2.21. The van der Waals surface area contributed by atoms with E-state index in [1.54, 1.807) is 31.2 Å². The lowest BCUT2D eigenvalue weighted by atomic mass is 10.1. The molecule has 0 radical (unpaired) electrons. The van der Waals surface area contributed by atoms with Crippen LogP contribution in [0, 0.1) is 6.92 Å². The molecule has 0 saturated carbocycles. The highest BCUT2D eigenvalue weighted by atomic mass is 16.5. The maximum atomic E-state index is 12.1. The van der Waals surface area contributed by atoms with Gasteiger partial charge in [0.05, 0.1) is 17.7 Å². The van der Waals surface area contributed by atoms with Crippen molar-refractivity contribution < 1.29 is 18.9 Å². The van der Waals surface area contributed by atoms with Gasteiger partial charge in [-0.2, -0.15) is 4.98 Å². The fraction of sp³-hybridized carbons (Fsp3) is 0.214. The summed E-state index contributed by atoms with van der Waals surface area (Å²) in [7, 11) is 0. The van der Waals surface area contributed by atoms with Crippen molar-refractivity contribution in [3.05, 3.63) is 47.1 Å². The third-order valence-electron chi connectivity index (χ3n) is 3.19. The first kappa shape index (κ1) is 13.9. The molecule has 1 N–H and O–H groups in total. The van der Waals surface area contributed by atoms with Gasteiger partial charge >= 0.3 is 0 Å². The fourth-order valence-corrected chi connectivity index (χ4v) is 2.17. The van der Waals surface area contributed by atoms with Gasteiger partial charge in [0.15, 0.2) is 5.82 Å². The van der Waals surface area contributed by atoms with E-state index in [9.17, 15) is 14.4 Å². The topological polar surface area (TPSA) is 105 Å². The number of aromatic nitrogens is 2. The van der Waals surface area contributed by atoms with Gasteiger partial charge in [0.1, 0.15) is 6.54 Å². The predicted octanol–water partition coefficient (Wildman–Crippen LogP) is 0.290. The number of hydrogen-bond donors (Lipinski definition) is 1. The Balaban J connectivity index is 1.63. The highest BCUT2D eigenvalue weighted by molar-refractivity contribution is 6.22. The first-order valence-corrected chi connectivity index (χ1v) is 6.57. The molecule has 1 aromatic heterocycles. The van der Waals surface area contributed by atoms with E-state index >= 15 is 0 Å². The van der Waals surface area contributed by atoms with Gasteiger partial charge in [-0.3, -0.25) is 19.3 Å². The second kappa shape index (κ2) is 5.40. The Labute approximate surface area is 125 Å². The largest absolute Gasteiger partial charge is 0.347 e. The van der Waals surface area contributed by atoms with E-state index in [2.05, 4.69) is 15.5 Å². The molecule has 3 rings (SSSR count). The molecule has 0 fully saturated rings. The van der Waals surface area contributed by atoms with Crippen LogP contribution < -0.4 is 5.32 Å². The molecular formula is C14H12N4O4. The van der Waals surface area contributed by atoms with E-state index in [4.69, 9.17) is 4.52 Å². The van der Waals surface area contributed by atoms with Gasteiger partial charge < -0.3 is 9.84 Å². The van der Waals surface area contributed by atoms with Crippen molar-refractivity contribution in [2.45, 2.75) is 13.5 Å². The highest BCUT2D eigenvalue weighted by Gasteiger charge is 2.36. The minimum Gasteiger partial charge on any atom is -0.347 e. The molecule has 1 aromatic carbocycles. The van der Waals surface area contributed by atoms with Gasteiger partial charge in [-0.05, 0) is 12.1 Å². The lowest BCUT2D eigenvalue weighted by Crippen LogP contribution is -2.40. The van der Waals surface area contributed by atoms with E-state index in [0.717, 1.165) is 4.90 Å². The predicted molar refractivity (Wildman–Crippen MR) is 72.7 cm³/mol. The summed E-state index contributed by atoms with van der Waals surface area (Å²) in [5.74, 6) is -0.688. The number of amides is 3. The van der Waals surface area contributed by atoms with Crippen molar-refractivity contribution in [2.75, 3.05) is 6.54 Å². The molecule has 0 bridgehead atoms. The molecule has 112 valence electrons. The minimum absolute atomic E-state index is 0.0688. The van der Waals surface area contributed by atoms with Crippen molar-refractivity contribution in [2.24, 2.45) is 0 Å². The summed E-state index contributed by atoms with van der Waals surface area (Å²) in [4.78, 5) is 40.9. The molecule has 1 aliphatic heterocycles. The zero-order valence-corrected chi connectivity index (χ0v) is 11.7. The summed E-state index contributed by atoms with van der Waals surface area (Å²) in [6.45, 7) is 1.36. The van der Waals surface area contributed by atoms with Gasteiger partial charge in [-0.1, -0.05) is 17.3 Å². The number of nitrogens with one attached hydrogen (secondary N) is 1. The molecule has 2 aromatic rings. The molecule has 2 heterocycles. The maximum Gasteiger partial charge on any atom is 0.262 e. The summed E-state index contributed by atoms with van der Waals surface area (Å²) in [5, 5.41) is 6.17. The second-order valence-electron chi connectivity index (χ2n) is 4.75. The van der Waals surface area contributed by atoms with Crippen LogP contribution in [0.5, 0.6) is 0 Å². The second-order valence-corrected chi connectivity index (χ2v) is 4.75. The maximum absolute atomic E-state index is 12.1. The Bertz CT molecular complexity index is 733. The summed E-state index contributed by atoms with van der Waals surface area (Å²) >= 11 is 0. The van der Waals surface area contributed by atoms with Crippen LogP contribution in [0.2, 0.25) is 0 Å². The number of nitrogens with zero attached hydrogens (tertiary/aromatic N) is 3. The van der Waals surface area contributed by atoms with E-state index < -0.39 is 17.7 Å². The lowest BCUT2D eigenvalue weighted by Gasteiger charge is -2.12. The molecule has 3 amide bonds. The molecule has 8 nitrogen and oxygen atoms in total. The van der Waals surface area contributed by atoms with Crippen molar-refractivity contribution in [1.82, 2.24) is 20.4 Å². The molecule has 0 saturated heterocycles. The third-order valence-corrected chi connectivity index (χ3v) is 3.19. The van der Waals surface area contributed by atoms with Crippen LogP contribution in [0.3, 0.4) is 0 Å². The Morgan fingerprint density at radius 1 is 1.23 bits per heavy atom. The Morgan fingerprint density at radius 2 is 1.86 bits per heavy atom. The van der Waals surface area contributed by atoms with Crippen molar-refractivity contribution in [3.63, 3.8) is 0 Å². The van der Waals surface area contributed by atoms with Crippen LogP contribution in [0.1, 0.15) is 32.4 Å². The van der Waals surface area contributed by atoms with Crippen LogP contribution in [-0.4, -0.2) is 39.3 Å². The average molecular weight is 300 g/mol. The number of rotatable bonds is 4. The summed E-state index contributed by atoms with van der Waals surface area (Å²) in [6, 6.07) is 6.48. The van der Waals surface area contributed by atoms with Gasteiger partial charge in [0, 0.05) is 6.92 Å². The zero-order chi connectivity index (χ0) is 15.7. The SMILES string of the molecule is Cc1nc(CNC(=O)CN2C(=O)c3ccccc3C2=O)no1. The average Bonchev–Trinajstić information content (AvgIpc) is 3.03. The number of carbonyl (C=O) groups is 3. The third kappa shape index (κ3) is 2.46. The molecular weight excluding hydrogens is 288 g/mol. The van der Waals surface area contributed by atoms with Crippen LogP contribution >= 0.6 is 0 Å². The number of carbonyl (C=O) groups excluding carboxylic acids is 3. The molecule has 0 aliphatic carbocycles. The summed E-state index contributed by atoms with van der Waals surface area (Å²) in [6.07, 6.45) is 0. The van der Waals surface area contributed by atoms with Crippen LogP contribution in [0.4, 0.5) is 0 Å². The number of imide groups is 1. The first-order chi connectivity index (χ1) is 10.6. The Hall–Kier alpha value is -3.03. The quantitative estimate of drug-likeness (QED) is 0.814. The molecule has 0 atom stereocenters. The van der Waals surface area contributed by atoms with Crippen molar-refractivity contribution in [1.29, 1.82) is 0 Å². The van der Waals surface area contributed by atoms with Crippen molar-refractivity contribution >= 4 is 17.7 Å². The molecule has 1 aliphatic rings. The standard InChI is InChI=1S/C14H12N4O4/c1-8-16-11(17-22-8)6-15-12(19)7-18-13(20)9-4-2-3-5-10(9)14(18)21/h2-5H,6-7H2,1H3,(H,15,19). The van der Waals surface area contributed by atoms with Gasteiger partial charge in [0.2, 0.25) is 11.8 Å². The van der Waals surface area contributed by atoms with Gasteiger partial charge in [-0.15, -0.1) is 0 Å². The van der Waals surface area contributed by atoms with E-state index in [0.29, 0.717) is 22.8 Å². The van der Waals surface area contributed by atoms with Crippen LogP contribution in [0.15, 0.2) is 28.8 Å². The van der Waals surface area contributed by atoms with E-state index in [-0.39, 0.29) is 13.1 Å². The van der Waals surface area contributed by atoms with Crippen LogP contribution in [-0.2, 0) is 11.3 Å². The van der Waals surface area contributed by atoms with Crippen LogP contribution in [0.25, 0.3) is 0 Å². The number of aryl methyl sites for hydroxylation is 1. The minimum atomic E-state index is -0.475. The summed E-state index contributed by atoms with van der Waals surface area (Å²) in [5.41, 5.74) is 0.628. The normalized spacial score (nSPS) is 13.4. The summed E-state index contributed by atoms with van der Waals surface area (Å²) < 4.78 is 4.78. The number of benzene rings is 1.